The summed E-state index contributed by atoms with van der Waals surface area (Å²) < 4.78 is 10.7. The second kappa shape index (κ2) is 5.50. The summed E-state index contributed by atoms with van der Waals surface area (Å²) in [6.07, 6.45) is 1.85. The molecule has 0 amide bonds. The van der Waals surface area contributed by atoms with Gasteiger partial charge in [-0.2, -0.15) is 4.98 Å². The number of nitrogens with two attached hydrogens (primary N) is 1. The van der Waals surface area contributed by atoms with Crippen LogP contribution in [-0.4, -0.2) is 29.9 Å². The molecule has 1 aromatic heterocycles. The summed E-state index contributed by atoms with van der Waals surface area (Å²) in [5.74, 6) is 1.59. The van der Waals surface area contributed by atoms with E-state index in [0.717, 1.165) is 30.8 Å². The van der Waals surface area contributed by atoms with Crippen molar-refractivity contribution in [3.05, 3.63) is 35.7 Å². The van der Waals surface area contributed by atoms with E-state index in [4.69, 9.17) is 15.0 Å². The molecule has 3 rings (SSSR count). The average molecular weight is 259 g/mol. The lowest BCUT2D eigenvalue weighted by Crippen LogP contribution is -2.02. The van der Waals surface area contributed by atoms with E-state index in [1.165, 1.54) is 5.56 Å². The highest BCUT2D eigenvalue weighted by molar-refractivity contribution is 5.53. The zero-order chi connectivity index (χ0) is 13.1. The lowest BCUT2D eigenvalue weighted by atomic mass is 10.1. The first-order chi connectivity index (χ1) is 9.36. The molecule has 1 atom stereocenters. The Morgan fingerprint density at radius 2 is 2.11 bits per heavy atom. The normalized spacial score (nSPS) is 18.9. The average Bonchev–Trinajstić information content (AvgIpc) is 3.11. The van der Waals surface area contributed by atoms with Gasteiger partial charge in [0.25, 0.3) is 5.89 Å². The second-order valence-corrected chi connectivity index (χ2v) is 4.75. The molecule has 2 heterocycles. The van der Waals surface area contributed by atoms with Crippen molar-refractivity contribution in [2.75, 3.05) is 19.8 Å². The summed E-state index contributed by atoms with van der Waals surface area (Å²) in [5, 5.41) is 4.05. The van der Waals surface area contributed by atoms with Gasteiger partial charge in [-0.3, -0.25) is 0 Å². The highest BCUT2D eigenvalue weighted by Crippen LogP contribution is 2.25. The minimum Gasteiger partial charge on any atom is -0.381 e. The number of hydrogen-bond acceptors (Lipinski definition) is 5. The van der Waals surface area contributed by atoms with Gasteiger partial charge < -0.3 is 15.0 Å². The first-order valence-corrected chi connectivity index (χ1v) is 6.57. The van der Waals surface area contributed by atoms with Crippen LogP contribution in [0.25, 0.3) is 11.5 Å². The number of aromatic nitrogens is 2. The molecule has 1 unspecified atom stereocenters. The van der Waals surface area contributed by atoms with Crippen LogP contribution in [0.1, 0.15) is 23.7 Å². The Bertz CT molecular complexity index is 530. The van der Waals surface area contributed by atoms with E-state index in [2.05, 4.69) is 10.1 Å². The maximum Gasteiger partial charge on any atom is 0.257 e. The summed E-state index contributed by atoms with van der Waals surface area (Å²) in [7, 11) is 0. The van der Waals surface area contributed by atoms with Gasteiger partial charge in [0, 0.05) is 18.1 Å². The molecule has 2 N–H and O–H groups in total. The number of rotatable bonds is 4. The monoisotopic (exact) mass is 259 g/mol. The third-order valence-electron chi connectivity index (χ3n) is 3.37. The Morgan fingerprint density at radius 1 is 1.26 bits per heavy atom. The van der Waals surface area contributed by atoms with Gasteiger partial charge in [-0.25, -0.2) is 0 Å². The number of nitrogens with zero attached hydrogens (tertiary/aromatic N) is 2. The summed E-state index contributed by atoms with van der Waals surface area (Å²) in [5.41, 5.74) is 7.69. The van der Waals surface area contributed by atoms with Crippen molar-refractivity contribution in [2.45, 2.75) is 18.8 Å². The maximum atomic E-state index is 5.53. The minimum atomic E-state index is 0.272. The van der Waals surface area contributed by atoms with E-state index >= 15 is 0 Å². The van der Waals surface area contributed by atoms with Crippen molar-refractivity contribution in [2.24, 2.45) is 5.73 Å². The fourth-order valence-electron chi connectivity index (χ4n) is 2.24. The molecule has 100 valence electrons. The van der Waals surface area contributed by atoms with Crippen LogP contribution in [0.5, 0.6) is 0 Å². The van der Waals surface area contributed by atoms with Gasteiger partial charge in [0.15, 0.2) is 5.82 Å². The van der Waals surface area contributed by atoms with Gasteiger partial charge in [-0.15, -0.1) is 0 Å². The van der Waals surface area contributed by atoms with E-state index in [0.29, 0.717) is 19.0 Å². The van der Waals surface area contributed by atoms with Crippen molar-refractivity contribution in [1.29, 1.82) is 0 Å². The first-order valence-electron chi connectivity index (χ1n) is 6.57. The molecule has 5 heteroatoms. The van der Waals surface area contributed by atoms with E-state index in [1.807, 2.05) is 24.3 Å². The molecule has 1 aromatic carbocycles. The first kappa shape index (κ1) is 12.3. The van der Waals surface area contributed by atoms with Crippen molar-refractivity contribution < 1.29 is 9.26 Å². The SMILES string of the molecule is NCCc1ccc(-c2nc(C3CCOC3)no2)cc1. The van der Waals surface area contributed by atoms with Crippen molar-refractivity contribution in [3.63, 3.8) is 0 Å². The van der Waals surface area contributed by atoms with Crippen LogP contribution in [0, 0.1) is 0 Å². The van der Waals surface area contributed by atoms with Crippen LogP contribution < -0.4 is 5.73 Å². The van der Waals surface area contributed by atoms with Gasteiger partial charge in [0.05, 0.1) is 6.61 Å². The molecule has 1 aliphatic rings. The molecule has 0 radical (unpaired) electrons. The zero-order valence-electron chi connectivity index (χ0n) is 10.7. The smallest absolute Gasteiger partial charge is 0.257 e. The zero-order valence-corrected chi connectivity index (χ0v) is 10.7. The molecule has 0 saturated carbocycles. The van der Waals surface area contributed by atoms with Gasteiger partial charge in [0.1, 0.15) is 0 Å². The van der Waals surface area contributed by atoms with Gasteiger partial charge >= 0.3 is 0 Å². The van der Waals surface area contributed by atoms with Crippen molar-refractivity contribution in [1.82, 2.24) is 10.1 Å². The van der Waals surface area contributed by atoms with E-state index in [-0.39, 0.29) is 5.92 Å². The summed E-state index contributed by atoms with van der Waals surface area (Å²) in [4.78, 5) is 4.46. The molecule has 1 saturated heterocycles. The molecule has 0 aliphatic carbocycles. The number of benzene rings is 1. The quantitative estimate of drug-likeness (QED) is 0.905. The molecule has 1 fully saturated rings. The molecule has 1 aliphatic heterocycles. The summed E-state index contributed by atoms with van der Waals surface area (Å²) in [6.45, 7) is 2.13. The standard InChI is InChI=1S/C14H17N3O2/c15-7-5-10-1-3-11(4-2-10)14-16-13(17-19-14)12-6-8-18-9-12/h1-4,12H,5-9,15H2. The molecular weight excluding hydrogens is 242 g/mol. The van der Waals surface area contributed by atoms with Gasteiger partial charge in [0.2, 0.25) is 0 Å². The molecule has 0 spiro atoms. The minimum absolute atomic E-state index is 0.272. The Labute approximate surface area is 111 Å². The van der Waals surface area contributed by atoms with Crippen LogP contribution in [0.4, 0.5) is 0 Å². The van der Waals surface area contributed by atoms with Crippen molar-refractivity contribution >= 4 is 0 Å². The molecular formula is C14H17N3O2. The van der Waals surface area contributed by atoms with E-state index in [9.17, 15) is 0 Å². The fourth-order valence-corrected chi connectivity index (χ4v) is 2.24. The number of ether oxygens (including phenoxy) is 1. The van der Waals surface area contributed by atoms with Crippen LogP contribution in [0.2, 0.25) is 0 Å². The van der Waals surface area contributed by atoms with E-state index < -0.39 is 0 Å². The maximum absolute atomic E-state index is 5.53. The van der Waals surface area contributed by atoms with Gasteiger partial charge in [-0.05, 0) is 37.1 Å². The predicted octanol–water partition coefficient (Wildman–Crippen LogP) is 1.74. The number of hydrogen-bond donors (Lipinski definition) is 1. The Hall–Kier alpha value is -1.72. The molecule has 2 aromatic rings. The third-order valence-corrected chi connectivity index (χ3v) is 3.37. The second-order valence-electron chi connectivity index (χ2n) is 4.75. The Kier molecular flexibility index (Phi) is 3.57. The topological polar surface area (TPSA) is 74.2 Å². The van der Waals surface area contributed by atoms with E-state index in [1.54, 1.807) is 0 Å². The van der Waals surface area contributed by atoms with Crippen LogP contribution >= 0.6 is 0 Å². The Balaban J connectivity index is 1.77. The molecule has 19 heavy (non-hydrogen) atoms. The lowest BCUT2D eigenvalue weighted by Gasteiger charge is -1.99. The fraction of sp³-hybridized carbons (Fsp3) is 0.429. The molecule has 0 bridgehead atoms. The van der Waals surface area contributed by atoms with Crippen LogP contribution in [-0.2, 0) is 11.2 Å². The Morgan fingerprint density at radius 3 is 2.79 bits per heavy atom. The summed E-state index contributed by atoms with van der Waals surface area (Å²) >= 11 is 0. The highest BCUT2D eigenvalue weighted by atomic mass is 16.5. The predicted molar refractivity (Wildman–Crippen MR) is 70.7 cm³/mol. The summed E-state index contributed by atoms with van der Waals surface area (Å²) in [6, 6.07) is 8.08. The lowest BCUT2D eigenvalue weighted by molar-refractivity contribution is 0.192. The van der Waals surface area contributed by atoms with Crippen LogP contribution in [0.3, 0.4) is 0 Å². The molecule has 5 nitrogen and oxygen atoms in total. The third kappa shape index (κ3) is 2.67. The largest absolute Gasteiger partial charge is 0.381 e. The highest BCUT2D eigenvalue weighted by Gasteiger charge is 2.23. The van der Waals surface area contributed by atoms with Gasteiger partial charge in [-0.1, -0.05) is 17.3 Å². The van der Waals surface area contributed by atoms with Crippen LogP contribution in [0.15, 0.2) is 28.8 Å². The van der Waals surface area contributed by atoms with Crippen molar-refractivity contribution in [3.8, 4) is 11.5 Å².